The first kappa shape index (κ1) is 8.26. The number of hydrogen-bond acceptors (Lipinski definition) is 1. The lowest BCUT2D eigenvalue weighted by Crippen LogP contribution is -1.82. The summed E-state index contributed by atoms with van der Waals surface area (Å²) in [5.74, 6) is 0. The zero-order valence-corrected chi connectivity index (χ0v) is 9.00. The first-order valence-corrected chi connectivity index (χ1v) is 4.93. The summed E-state index contributed by atoms with van der Waals surface area (Å²) in [6.07, 6.45) is 1.78. The number of nitrogens with zero attached hydrogens (tertiary/aromatic N) is 1. The Balaban J connectivity index is 2.91. The lowest BCUT2D eigenvalue weighted by molar-refractivity contribution is 1.39. The van der Waals surface area contributed by atoms with Gasteiger partial charge in [-0.15, -0.1) is 0 Å². The van der Waals surface area contributed by atoms with E-state index in [1.165, 1.54) is 0 Å². The summed E-state index contributed by atoms with van der Waals surface area (Å²) in [5.41, 5.74) is 0.947. The second-order valence-electron chi connectivity index (χ2n) is 2.44. The standard InChI is InChI=1S/C9H5ClIN/c10-9-6-3-1-2-4-8(6)12-5-7(9)11/h1-5H. The topological polar surface area (TPSA) is 12.9 Å². The summed E-state index contributed by atoms with van der Waals surface area (Å²) in [5, 5.41) is 1.81. The van der Waals surface area contributed by atoms with E-state index in [1.54, 1.807) is 6.20 Å². The molecule has 0 saturated heterocycles. The molecule has 2 rings (SSSR count). The van der Waals surface area contributed by atoms with Crippen LogP contribution >= 0.6 is 34.2 Å². The van der Waals surface area contributed by atoms with E-state index in [0.717, 1.165) is 19.5 Å². The van der Waals surface area contributed by atoms with Crippen molar-refractivity contribution in [3.05, 3.63) is 39.1 Å². The normalized spacial score (nSPS) is 10.5. The third-order valence-electron chi connectivity index (χ3n) is 1.67. The molecular weight excluding hydrogens is 284 g/mol. The molecule has 0 amide bonds. The highest BCUT2D eigenvalue weighted by molar-refractivity contribution is 14.1. The first-order chi connectivity index (χ1) is 5.79. The molecule has 60 valence electrons. The van der Waals surface area contributed by atoms with Crippen LogP contribution < -0.4 is 0 Å². The molecule has 0 aliphatic rings. The Kier molecular flexibility index (Phi) is 2.19. The van der Waals surface area contributed by atoms with Gasteiger partial charge in [-0.1, -0.05) is 29.8 Å². The van der Waals surface area contributed by atoms with E-state index in [4.69, 9.17) is 11.6 Å². The molecule has 0 aliphatic heterocycles. The van der Waals surface area contributed by atoms with Crippen LogP contribution in [0.2, 0.25) is 5.02 Å². The molecule has 1 heterocycles. The second kappa shape index (κ2) is 3.18. The average molecular weight is 290 g/mol. The predicted molar refractivity (Wildman–Crippen MR) is 59.5 cm³/mol. The summed E-state index contributed by atoms with van der Waals surface area (Å²) < 4.78 is 0.993. The molecule has 0 bridgehead atoms. The third kappa shape index (κ3) is 1.29. The number of rotatable bonds is 0. The van der Waals surface area contributed by atoms with Gasteiger partial charge in [0.25, 0.3) is 0 Å². The highest BCUT2D eigenvalue weighted by Gasteiger charge is 2.02. The fourth-order valence-corrected chi connectivity index (χ4v) is 1.72. The van der Waals surface area contributed by atoms with Gasteiger partial charge in [-0.2, -0.15) is 0 Å². The molecule has 1 nitrogen and oxygen atoms in total. The monoisotopic (exact) mass is 289 g/mol. The number of benzene rings is 1. The molecule has 3 heteroatoms. The van der Waals surface area contributed by atoms with Crippen molar-refractivity contribution in [2.75, 3.05) is 0 Å². The van der Waals surface area contributed by atoms with Crippen molar-refractivity contribution in [3.8, 4) is 0 Å². The van der Waals surface area contributed by atoms with Gasteiger partial charge in [-0.3, -0.25) is 4.98 Å². The number of fused-ring (bicyclic) bond motifs is 1. The van der Waals surface area contributed by atoms with E-state index in [-0.39, 0.29) is 0 Å². The van der Waals surface area contributed by atoms with Crippen LogP contribution in [0.4, 0.5) is 0 Å². The minimum Gasteiger partial charge on any atom is -0.255 e. The van der Waals surface area contributed by atoms with E-state index in [2.05, 4.69) is 27.6 Å². The van der Waals surface area contributed by atoms with Gasteiger partial charge in [-0.05, 0) is 28.7 Å². The van der Waals surface area contributed by atoms with Crippen LogP contribution in [0.15, 0.2) is 30.5 Å². The molecule has 1 aromatic heterocycles. The second-order valence-corrected chi connectivity index (χ2v) is 3.98. The highest BCUT2D eigenvalue weighted by Crippen LogP contribution is 2.25. The maximum absolute atomic E-state index is 6.08. The molecule has 12 heavy (non-hydrogen) atoms. The number of hydrogen-bond donors (Lipinski definition) is 0. The van der Waals surface area contributed by atoms with Crippen LogP contribution in [0.1, 0.15) is 0 Å². The largest absolute Gasteiger partial charge is 0.255 e. The van der Waals surface area contributed by atoms with Gasteiger partial charge in [-0.25, -0.2) is 0 Å². The Bertz CT molecular complexity index is 428. The van der Waals surface area contributed by atoms with Gasteiger partial charge < -0.3 is 0 Å². The SMILES string of the molecule is Clc1c(I)cnc2ccccc12. The zero-order chi connectivity index (χ0) is 8.55. The molecule has 0 aliphatic carbocycles. The Labute approximate surface area is 88.9 Å². The summed E-state index contributed by atoms with van der Waals surface area (Å²) in [6.45, 7) is 0. The van der Waals surface area contributed by atoms with Crippen molar-refractivity contribution >= 4 is 45.1 Å². The number of pyridine rings is 1. The van der Waals surface area contributed by atoms with Crippen LogP contribution in [0.5, 0.6) is 0 Å². The van der Waals surface area contributed by atoms with Gasteiger partial charge in [0.1, 0.15) is 0 Å². The Hall–Kier alpha value is -0.350. The van der Waals surface area contributed by atoms with Gasteiger partial charge in [0.05, 0.1) is 14.1 Å². The summed E-state index contributed by atoms with van der Waals surface area (Å²) in [7, 11) is 0. The van der Waals surface area contributed by atoms with Gasteiger partial charge in [0.15, 0.2) is 0 Å². The quantitative estimate of drug-likeness (QED) is 0.677. The molecular formula is C9H5ClIN. The fraction of sp³-hybridized carbons (Fsp3) is 0. The Morgan fingerprint density at radius 1 is 1.25 bits per heavy atom. The fourth-order valence-electron chi connectivity index (χ4n) is 1.08. The Morgan fingerprint density at radius 2 is 2.00 bits per heavy atom. The number of para-hydroxylation sites is 1. The third-order valence-corrected chi connectivity index (χ3v) is 3.21. The molecule has 1 aromatic carbocycles. The van der Waals surface area contributed by atoms with E-state index >= 15 is 0 Å². The van der Waals surface area contributed by atoms with Crippen molar-refractivity contribution in [2.45, 2.75) is 0 Å². The van der Waals surface area contributed by atoms with Crippen molar-refractivity contribution in [1.82, 2.24) is 4.98 Å². The molecule has 0 fully saturated rings. The minimum atomic E-state index is 0.793. The van der Waals surface area contributed by atoms with Gasteiger partial charge in [0, 0.05) is 11.6 Å². The van der Waals surface area contributed by atoms with Gasteiger partial charge in [0.2, 0.25) is 0 Å². The molecule has 0 atom stereocenters. The summed E-state index contributed by atoms with van der Waals surface area (Å²) >= 11 is 8.26. The van der Waals surface area contributed by atoms with Crippen LogP contribution in [0.3, 0.4) is 0 Å². The van der Waals surface area contributed by atoms with Crippen LogP contribution in [-0.4, -0.2) is 4.98 Å². The maximum atomic E-state index is 6.08. The van der Waals surface area contributed by atoms with Crippen molar-refractivity contribution in [2.24, 2.45) is 0 Å². The van der Waals surface area contributed by atoms with Crippen LogP contribution in [0, 0.1) is 3.57 Å². The Morgan fingerprint density at radius 3 is 2.83 bits per heavy atom. The van der Waals surface area contributed by atoms with E-state index in [0.29, 0.717) is 0 Å². The molecule has 0 spiro atoms. The van der Waals surface area contributed by atoms with Gasteiger partial charge >= 0.3 is 0 Å². The summed E-state index contributed by atoms with van der Waals surface area (Å²) in [4.78, 5) is 4.25. The first-order valence-electron chi connectivity index (χ1n) is 3.48. The molecule has 0 radical (unpaired) electrons. The molecule has 0 unspecified atom stereocenters. The maximum Gasteiger partial charge on any atom is 0.0717 e. The molecule has 0 N–H and O–H groups in total. The van der Waals surface area contributed by atoms with Crippen molar-refractivity contribution in [3.63, 3.8) is 0 Å². The minimum absolute atomic E-state index is 0.793. The van der Waals surface area contributed by atoms with Crippen LogP contribution in [-0.2, 0) is 0 Å². The van der Waals surface area contributed by atoms with Crippen molar-refractivity contribution in [1.29, 1.82) is 0 Å². The average Bonchev–Trinajstić information content (AvgIpc) is 2.12. The number of aromatic nitrogens is 1. The molecule has 0 saturated carbocycles. The van der Waals surface area contributed by atoms with E-state index in [9.17, 15) is 0 Å². The van der Waals surface area contributed by atoms with E-state index < -0.39 is 0 Å². The smallest absolute Gasteiger partial charge is 0.0717 e. The predicted octanol–water partition coefficient (Wildman–Crippen LogP) is 3.49. The lowest BCUT2D eigenvalue weighted by atomic mass is 10.2. The summed E-state index contributed by atoms with van der Waals surface area (Å²) in [6, 6.07) is 7.86. The lowest BCUT2D eigenvalue weighted by Gasteiger charge is -2.00. The zero-order valence-electron chi connectivity index (χ0n) is 6.09. The highest BCUT2D eigenvalue weighted by atomic mass is 127. The van der Waals surface area contributed by atoms with E-state index in [1.807, 2.05) is 24.3 Å². The number of halogens is 2. The van der Waals surface area contributed by atoms with Crippen LogP contribution in [0.25, 0.3) is 10.9 Å². The molecule has 2 aromatic rings. The van der Waals surface area contributed by atoms with Crippen molar-refractivity contribution < 1.29 is 0 Å².